The zero-order chi connectivity index (χ0) is 22.8. The number of benzene rings is 2. The molecule has 1 aliphatic rings. The fourth-order valence-corrected chi connectivity index (χ4v) is 3.01. The van der Waals surface area contributed by atoms with E-state index in [1.54, 1.807) is 6.92 Å². The minimum atomic E-state index is -5.12. The van der Waals surface area contributed by atoms with Crippen LogP contribution in [0.2, 0.25) is 0 Å². The van der Waals surface area contributed by atoms with Gasteiger partial charge in [0.2, 0.25) is 5.91 Å². The first-order valence-corrected chi connectivity index (χ1v) is 9.10. The van der Waals surface area contributed by atoms with Crippen molar-refractivity contribution in [2.24, 2.45) is 0 Å². The molecule has 0 saturated carbocycles. The number of ether oxygens (including phenoxy) is 1. The number of alkyl halides is 3. The lowest BCUT2D eigenvalue weighted by Crippen LogP contribution is -2.56. The van der Waals surface area contributed by atoms with Gasteiger partial charge in [0.05, 0.1) is 12.2 Å². The van der Waals surface area contributed by atoms with Crippen LogP contribution in [0.1, 0.15) is 29.3 Å². The van der Waals surface area contributed by atoms with Crippen LogP contribution in [0.25, 0.3) is 0 Å². The third-order valence-electron chi connectivity index (χ3n) is 4.63. The lowest BCUT2D eigenvalue weighted by Gasteiger charge is -2.39. The maximum absolute atomic E-state index is 14.2. The average Bonchev–Trinajstić information content (AvgIpc) is 2.71. The number of amides is 3. The van der Waals surface area contributed by atoms with Crippen molar-refractivity contribution in [3.05, 3.63) is 59.4 Å². The molecule has 0 spiro atoms. The Labute approximate surface area is 173 Å². The molecule has 164 valence electrons. The zero-order valence-corrected chi connectivity index (χ0v) is 16.1. The van der Waals surface area contributed by atoms with Crippen LogP contribution in [0.3, 0.4) is 0 Å². The van der Waals surface area contributed by atoms with Crippen LogP contribution in [0.5, 0.6) is 0 Å². The summed E-state index contributed by atoms with van der Waals surface area (Å²) < 4.78 is 60.4. The van der Waals surface area contributed by atoms with Crippen molar-refractivity contribution < 1.29 is 36.7 Å². The summed E-state index contributed by atoms with van der Waals surface area (Å²) in [5.41, 5.74) is -3.91. The van der Waals surface area contributed by atoms with E-state index in [4.69, 9.17) is 4.74 Å². The quantitative estimate of drug-likeness (QED) is 0.616. The number of hydrogen-bond donors (Lipinski definition) is 3. The monoisotopic (exact) mass is 439 g/mol. The van der Waals surface area contributed by atoms with Crippen molar-refractivity contribution >= 4 is 29.3 Å². The molecular formula is C20H17F4N3O4. The van der Waals surface area contributed by atoms with Gasteiger partial charge in [0.1, 0.15) is 5.82 Å². The highest BCUT2D eigenvalue weighted by atomic mass is 19.4. The van der Waals surface area contributed by atoms with E-state index in [0.29, 0.717) is 0 Å². The second kappa shape index (κ2) is 8.25. The zero-order valence-electron chi connectivity index (χ0n) is 16.1. The first-order valence-electron chi connectivity index (χ1n) is 9.10. The smallest absolute Gasteiger partial charge is 0.426 e. The number of cyclic esters (lactones) is 1. The van der Waals surface area contributed by atoms with Crippen LogP contribution in [-0.2, 0) is 15.1 Å². The molecule has 0 aromatic heterocycles. The van der Waals surface area contributed by atoms with Crippen LogP contribution >= 0.6 is 0 Å². The van der Waals surface area contributed by atoms with Crippen LogP contribution < -0.4 is 16.0 Å². The highest BCUT2D eigenvalue weighted by molar-refractivity contribution is 5.95. The van der Waals surface area contributed by atoms with Crippen molar-refractivity contribution in [1.82, 2.24) is 5.32 Å². The van der Waals surface area contributed by atoms with Gasteiger partial charge in [0.15, 0.2) is 0 Å². The Balaban J connectivity index is 1.99. The number of fused-ring (bicyclic) bond motifs is 1. The van der Waals surface area contributed by atoms with E-state index in [1.165, 1.54) is 12.1 Å². The summed E-state index contributed by atoms with van der Waals surface area (Å²) >= 11 is 0. The molecule has 2 aromatic carbocycles. The van der Waals surface area contributed by atoms with Gasteiger partial charge < -0.3 is 15.4 Å². The van der Waals surface area contributed by atoms with Crippen molar-refractivity contribution in [2.45, 2.75) is 25.1 Å². The second-order valence-corrected chi connectivity index (χ2v) is 6.69. The molecule has 7 nitrogen and oxygen atoms in total. The van der Waals surface area contributed by atoms with E-state index in [1.807, 2.05) is 0 Å². The van der Waals surface area contributed by atoms with Gasteiger partial charge in [0, 0.05) is 23.2 Å². The minimum Gasteiger partial charge on any atom is -0.426 e. The van der Waals surface area contributed by atoms with Gasteiger partial charge in [-0.25, -0.2) is 9.18 Å². The SMILES string of the molecule is CCC(=O)Nc1ccc2c(c1)C(CNC(=O)c1ccc(F)cc1)(C(F)(F)F)OC(=O)N2. The maximum atomic E-state index is 14.2. The molecule has 0 radical (unpaired) electrons. The predicted molar refractivity (Wildman–Crippen MR) is 102 cm³/mol. The molecule has 3 amide bonds. The third kappa shape index (κ3) is 4.44. The lowest BCUT2D eigenvalue weighted by atomic mass is 9.89. The molecule has 11 heteroatoms. The van der Waals surface area contributed by atoms with E-state index >= 15 is 0 Å². The van der Waals surface area contributed by atoms with Crippen LogP contribution in [0.4, 0.5) is 33.7 Å². The topological polar surface area (TPSA) is 96.5 Å². The Morgan fingerprint density at radius 1 is 1.13 bits per heavy atom. The number of carbonyl (C=O) groups excluding carboxylic acids is 3. The molecule has 0 saturated heterocycles. The highest BCUT2D eigenvalue weighted by Gasteiger charge is 2.62. The number of halogens is 4. The normalized spacial score (nSPS) is 17.8. The van der Waals surface area contributed by atoms with E-state index < -0.39 is 47.6 Å². The largest absolute Gasteiger partial charge is 0.434 e. The second-order valence-electron chi connectivity index (χ2n) is 6.69. The predicted octanol–water partition coefficient (Wildman–Crippen LogP) is 3.92. The summed E-state index contributed by atoms with van der Waals surface area (Å²) in [5, 5.41) is 6.71. The molecule has 3 N–H and O–H groups in total. The summed E-state index contributed by atoms with van der Waals surface area (Å²) in [7, 11) is 0. The summed E-state index contributed by atoms with van der Waals surface area (Å²) in [6, 6.07) is 7.73. The fourth-order valence-electron chi connectivity index (χ4n) is 3.01. The molecule has 2 aromatic rings. The Morgan fingerprint density at radius 3 is 2.42 bits per heavy atom. The molecule has 0 bridgehead atoms. The minimum absolute atomic E-state index is 0.0591. The van der Waals surface area contributed by atoms with E-state index in [9.17, 15) is 31.9 Å². The summed E-state index contributed by atoms with van der Waals surface area (Å²) in [6.07, 6.45) is -6.38. The summed E-state index contributed by atoms with van der Waals surface area (Å²) in [4.78, 5) is 35.8. The van der Waals surface area contributed by atoms with Gasteiger partial charge in [-0.1, -0.05) is 6.92 Å². The molecule has 31 heavy (non-hydrogen) atoms. The van der Waals surface area contributed by atoms with Gasteiger partial charge in [-0.2, -0.15) is 13.2 Å². The number of hydrogen-bond acceptors (Lipinski definition) is 4. The number of rotatable bonds is 5. The van der Waals surface area contributed by atoms with Crippen molar-refractivity contribution in [2.75, 3.05) is 17.2 Å². The third-order valence-corrected chi connectivity index (χ3v) is 4.63. The molecule has 1 heterocycles. The Hall–Kier alpha value is -3.63. The standard InChI is InChI=1S/C20H17F4N3O4/c1-2-16(28)26-13-7-8-15-14(9-13)19(20(22,23)24,31-18(30)27-15)10-25-17(29)11-3-5-12(21)6-4-11/h3-9H,2,10H2,1H3,(H,25,29)(H,26,28)(H,27,30). The number of nitrogens with one attached hydrogen (secondary N) is 3. The maximum Gasteiger partial charge on any atom is 0.434 e. The van der Waals surface area contributed by atoms with E-state index in [2.05, 4.69) is 16.0 Å². The number of anilines is 2. The molecule has 0 aliphatic carbocycles. The lowest BCUT2D eigenvalue weighted by molar-refractivity contribution is -0.261. The van der Waals surface area contributed by atoms with Crippen LogP contribution in [0.15, 0.2) is 42.5 Å². The van der Waals surface area contributed by atoms with E-state index in [-0.39, 0.29) is 23.4 Å². The first kappa shape index (κ1) is 22.1. The van der Waals surface area contributed by atoms with Crippen molar-refractivity contribution in [3.8, 4) is 0 Å². The van der Waals surface area contributed by atoms with Gasteiger partial charge >= 0.3 is 12.3 Å². The molecule has 1 atom stereocenters. The van der Waals surface area contributed by atoms with E-state index in [0.717, 1.165) is 30.3 Å². The first-order chi connectivity index (χ1) is 14.6. The van der Waals surface area contributed by atoms with Gasteiger partial charge in [-0.05, 0) is 42.5 Å². The van der Waals surface area contributed by atoms with Crippen molar-refractivity contribution in [1.29, 1.82) is 0 Å². The highest BCUT2D eigenvalue weighted by Crippen LogP contribution is 2.48. The van der Waals surface area contributed by atoms with Crippen molar-refractivity contribution in [3.63, 3.8) is 0 Å². The van der Waals surface area contributed by atoms with Gasteiger partial charge in [-0.15, -0.1) is 0 Å². The fraction of sp³-hybridized carbons (Fsp3) is 0.250. The van der Waals surface area contributed by atoms with Crippen LogP contribution in [0, 0.1) is 5.82 Å². The van der Waals surface area contributed by atoms with Gasteiger partial charge in [0.25, 0.3) is 11.5 Å². The summed E-state index contributed by atoms with van der Waals surface area (Å²) in [5.74, 6) is -1.97. The van der Waals surface area contributed by atoms with Crippen LogP contribution in [-0.4, -0.2) is 30.6 Å². The Bertz CT molecular complexity index is 1020. The molecule has 0 fully saturated rings. The molecule has 3 rings (SSSR count). The van der Waals surface area contributed by atoms with Gasteiger partial charge in [-0.3, -0.25) is 14.9 Å². The average molecular weight is 439 g/mol. The Kier molecular flexibility index (Phi) is 5.87. The Morgan fingerprint density at radius 2 is 1.81 bits per heavy atom. The summed E-state index contributed by atoms with van der Waals surface area (Å²) in [6.45, 7) is 0.431. The molecular weight excluding hydrogens is 422 g/mol. The molecule has 1 unspecified atom stereocenters. The number of carbonyl (C=O) groups is 3. The molecule has 1 aliphatic heterocycles.